The molecule has 0 atom stereocenters. The molecule has 0 saturated heterocycles. The Morgan fingerprint density at radius 2 is 1.17 bits per heavy atom. The maximum atomic E-state index is 11.3. The van der Waals surface area contributed by atoms with Crippen LogP contribution in [0.25, 0.3) is 21.8 Å². The predicted octanol–water partition coefficient (Wildman–Crippen LogP) is 4.42. The summed E-state index contributed by atoms with van der Waals surface area (Å²) >= 11 is 0. The molecular weight excluding hydrogens is 380 g/mol. The van der Waals surface area contributed by atoms with Gasteiger partial charge in [0.25, 0.3) is 0 Å². The largest absolute Gasteiger partial charge is 0.424 e. The lowest BCUT2D eigenvalue weighted by atomic mass is 10.0. The SMILES string of the molecule is CC(=O)Oc1cccc2cc(CCc3cnc4c(OC(C)=O)cccc4c3)cnc12. The van der Waals surface area contributed by atoms with Gasteiger partial charge in [0.05, 0.1) is 0 Å². The highest BCUT2D eigenvalue weighted by molar-refractivity contribution is 5.88. The van der Waals surface area contributed by atoms with E-state index in [-0.39, 0.29) is 11.9 Å². The van der Waals surface area contributed by atoms with Crippen molar-refractivity contribution in [1.29, 1.82) is 0 Å². The third-order valence-electron chi connectivity index (χ3n) is 4.67. The topological polar surface area (TPSA) is 78.4 Å². The number of hydrogen-bond acceptors (Lipinski definition) is 6. The lowest BCUT2D eigenvalue weighted by Gasteiger charge is -2.09. The van der Waals surface area contributed by atoms with Crippen molar-refractivity contribution in [3.05, 3.63) is 72.1 Å². The maximum absolute atomic E-state index is 11.3. The first-order valence-corrected chi connectivity index (χ1v) is 9.62. The Hall–Kier alpha value is -3.80. The summed E-state index contributed by atoms with van der Waals surface area (Å²) in [5.74, 6) is 0.200. The first-order chi connectivity index (χ1) is 14.5. The first kappa shape index (κ1) is 19.5. The van der Waals surface area contributed by atoms with Gasteiger partial charge in [-0.3, -0.25) is 19.6 Å². The smallest absolute Gasteiger partial charge is 0.308 e. The molecule has 30 heavy (non-hydrogen) atoms. The van der Waals surface area contributed by atoms with E-state index < -0.39 is 0 Å². The zero-order valence-electron chi connectivity index (χ0n) is 16.7. The monoisotopic (exact) mass is 400 g/mol. The van der Waals surface area contributed by atoms with Crippen LogP contribution in [-0.2, 0) is 22.4 Å². The number of aryl methyl sites for hydroxylation is 2. The third kappa shape index (κ3) is 4.27. The van der Waals surface area contributed by atoms with Gasteiger partial charge in [-0.1, -0.05) is 24.3 Å². The molecule has 0 fully saturated rings. The molecule has 0 bridgehead atoms. The molecule has 6 heteroatoms. The molecular formula is C24H20N2O4. The molecule has 0 spiro atoms. The predicted molar refractivity (Wildman–Crippen MR) is 114 cm³/mol. The molecule has 0 aliphatic rings. The van der Waals surface area contributed by atoms with Crippen LogP contribution in [0.5, 0.6) is 11.5 Å². The third-order valence-corrected chi connectivity index (χ3v) is 4.67. The van der Waals surface area contributed by atoms with Crippen LogP contribution in [0.4, 0.5) is 0 Å². The Morgan fingerprint density at radius 1 is 0.733 bits per heavy atom. The van der Waals surface area contributed by atoms with Crippen molar-refractivity contribution in [1.82, 2.24) is 9.97 Å². The van der Waals surface area contributed by atoms with E-state index in [0.717, 1.165) is 34.7 Å². The summed E-state index contributed by atoms with van der Waals surface area (Å²) in [6, 6.07) is 15.2. The number of pyridine rings is 2. The Bertz CT molecular complexity index is 1170. The van der Waals surface area contributed by atoms with Crippen LogP contribution in [-0.4, -0.2) is 21.9 Å². The fraction of sp³-hybridized carbons (Fsp3) is 0.167. The minimum Gasteiger partial charge on any atom is -0.424 e. The fourth-order valence-electron chi connectivity index (χ4n) is 3.39. The maximum Gasteiger partial charge on any atom is 0.308 e. The summed E-state index contributed by atoms with van der Waals surface area (Å²) in [7, 11) is 0. The number of rotatable bonds is 5. The quantitative estimate of drug-likeness (QED) is 0.365. The highest BCUT2D eigenvalue weighted by Gasteiger charge is 2.09. The van der Waals surface area contributed by atoms with Crippen LogP contribution in [0.15, 0.2) is 60.9 Å². The molecule has 0 aliphatic carbocycles. The fourth-order valence-corrected chi connectivity index (χ4v) is 3.39. The average Bonchev–Trinajstić information content (AvgIpc) is 2.71. The Balaban J connectivity index is 1.54. The molecule has 4 aromatic rings. The highest BCUT2D eigenvalue weighted by atomic mass is 16.5. The van der Waals surface area contributed by atoms with E-state index in [1.54, 1.807) is 12.1 Å². The van der Waals surface area contributed by atoms with Gasteiger partial charge in [0.2, 0.25) is 0 Å². The highest BCUT2D eigenvalue weighted by Crippen LogP contribution is 2.26. The Labute approximate surface area is 173 Å². The van der Waals surface area contributed by atoms with Crippen LogP contribution >= 0.6 is 0 Å². The van der Waals surface area contributed by atoms with Crippen LogP contribution < -0.4 is 9.47 Å². The van der Waals surface area contributed by atoms with Gasteiger partial charge in [0, 0.05) is 37.0 Å². The first-order valence-electron chi connectivity index (χ1n) is 9.62. The molecule has 0 saturated carbocycles. The van der Waals surface area contributed by atoms with E-state index in [1.807, 2.05) is 36.7 Å². The van der Waals surface area contributed by atoms with Gasteiger partial charge >= 0.3 is 11.9 Å². The molecule has 4 rings (SSSR count). The number of esters is 2. The Kier molecular flexibility index (Phi) is 5.39. The number of carbonyl (C=O) groups is 2. The molecule has 2 aromatic heterocycles. The average molecular weight is 400 g/mol. The van der Waals surface area contributed by atoms with E-state index in [9.17, 15) is 9.59 Å². The lowest BCUT2D eigenvalue weighted by molar-refractivity contribution is -0.132. The number of nitrogens with zero attached hydrogens (tertiary/aromatic N) is 2. The second kappa shape index (κ2) is 8.29. The van der Waals surface area contributed by atoms with Crippen molar-refractivity contribution in [2.75, 3.05) is 0 Å². The van der Waals surface area contributed by atoms with Gasteiger partial charge in [-0.05, 0) is 48.2 Å². The summed E-state index contributed by atoms with van der Waals surface area (Å²) in [6.45, 7) is 2.75. The molecule has 150 valence electrons. The minimum absolute atomic E-state index is 0.367. The molecule has 0 N–H and O–H groups in total. The minimum atomic E-state index is -0.367. The van der Waals surface area contributed by atoms with Gasteiger partial charge < -0.3 is 9.47 Å². The van der Waals surface area contributed by atoms with Crippen molar-refractivity contribution in [3.63, 3.8) is 0 Å². The molecule has 0 aliphatic heterocycles. The summed E-state index contributed by atoms with van der Waals surface area (Å²) in [5.41, 5.74) is 3.50. The van der Waals surface area contributed by atoms with E-state index in [1.165, 1.54) is 13.8 Å². The number of benzene rings is 2. The summed E-state index contributed by atoms with van der Waals surface area (Å²) in [4.78, 5) is 31.5. The number of fused-ring (bicyclic) bond motifs is 2. The van der Waals surface area contributed by atoms with Gasteiger partial charge in [-0.2, -0.15) is 0 Å². The van der Waals surface area contributed by atoms with E-state index in [0.29, 0.717) is 22.5 Å². The van der Waals surface area contributed by atoms with E-state index >= 15 is 0 Å². The number of hydrogen-bond donors (Lipinski definition) is 0. The molecule has 6 nitrogen and oxygen atoms in total. The van der Waals surface area contributed by atoms with Crippen LogP contribution in [0.2, 0.25) is 0 Å². The van der Waals surface area contributed by atoms with Crippen molar-refractivity contribution in [2.45, 2.75) is 26.7 Å². The van der Waals surface area contributed by atoms with E-state index in [2.05, 4.69) is 22.1 Å². The van der Waals surface area contributed by atoms with Crippen molar-refractivity contribution in [3.8, 4) is 11.5 Å². The van der Waals surface area contributed by atoms with E-state index in [4.69, 9.17) is 9.47 Å². The molecule has 2 aromatic carbocycles. The van der Waals surface area contributed by atoms with Gasteiger partial charge in [-0.25, -0.2) is 0 Å². The van der Waals surface area contributed by atoms with Gasteiger partial charge in [0.1, 0.15) is 11.0 Å². The standard InChI is InChI=1S/C24H20N2O4/c1-15(27)29-21-7-3-5-19-11-17(13-25-23(19)21)9-10-18-12-20-6-4-8-22(30-16(2)28)24(20)26-14-18/h3-8,11-14H,9-10H2,1-2H3. The summed E-state index contributed by atoms with van der Waals surface area (Å²) < 4.78 is 10.5. The number of ether oxygens (including phenoxy) is 2. The zero-order chi connectivity index (χ0) is 21.1. The number of aromatic nitrogens is 2. The molecule has 0 radical (unpaired) electrons. The van der Waals surface area contributed by atoms with Crippen molar-refractivity contribution < 1.29 is 19.1 Å². The second-order valence-corrected chi connectivity index (χ2v) is 7.03. The van der Waals surface area contributed by atoms with Gasteiger partial charge in [-0.15, -0.1) is 0 Å². The van der Waals surface area contributed by atoms with Crippen molar-refractivity contribution >= 4 is 33.7 Å². The second-order valence-electron chi connectivity index (χ2n) is 7.03. The molecule has 2 heterocycles. The van der Waals surface area contributed by atoms with Gasteiger partial charge in [0.15, 0.2) is 11.5 Å². The summed E-state index contributed by atoms with van der Waals surface area (Å²) in [5, 5.41) is 1.85. The molecule has 0 unspecified atom stereocenters. The van der Waals surface area contributed by atoms with Crippen LogP contribution in [0, 0.1) is 0 Å². The lowest BCUT2D eigenvalue weighted by Crippen LogP contribution is -2.03. The normalized spacial score (nSPS) is 10.9. The van der Waals surface area contributed by atoms with Crippen molar-refractivity contribution in [2.24, 2.45) is 0 Å². The van der Waals surface area contributed by atoms with Crippen LogP contribution in [0.3, 0.4) is 0 Å². The Morgan fingerprint density at radius 3 is 1.57 bits per heavy atom. The van der Waals surface area contributed by atoms with Crippen LogP contribution in [0.1, 0.15) is 25.0 Å². The zero-order valence-corrected chi connectivity index (χ0v) is 16.7. The number of carbonyl (C=O) groups excluding carboxylic acids is 2. The molecule has 0 amide bonds. The summed E-state index contributed by atoms with van der Waals surface area (Å²) in [6.07, 6.45) is 5.19. The number of para-hydroxylation sites is 2.